The summed E-state index contributed by atoms with van der Waals surface area (Å²) in [7, 11) is 2.18. The van der Waals surface area contributed by atoms with Crippen LogP contribution in [0, 0.1) is 5.82 Å². The number of hydrogen-bond donors (Lipinski definition) is 1. The van der Waals surface area contributed by atoms with Crippen LogP contribution in [0.1, 0.15) is 37.7 Å². The molecule has 5 heteroatoms. The van der Waals surface area contributed by atoms with Gasteiger partial charge in [-0.15, -0.1) is 11.8 Å². The number of hydrogen-bond acceptors (Lipinski definition) is 3. The molecule has 27 heavy (non-hydrogen) atoms. The lowest BCUT2D eigenvalue weighted by molar-refractivity contribution is -0.113. The van der Waals surface area contributed by atoms with Crippen molar-refractivity contribution in [1.82, 2.24) is 4.90 Å². The van der Waals surface area contributed by atoms with Crippen LogP contribution in [0.3, 0.4) is 0 Å². The smallest absolute Gasteiger partial charge is 0.234 e. The second kappa shape index (κ2) is 9.90. The molecule has 1 N–H and O–H groups in total. The van der Waals surface area contributed by atoms with Gasteiger partial charge in [0.2, 0.25) is 5.91 Å². The fraction of sp³-hybridized carbons (Fsp3) is 0.409. The highest BCUT2D eigenvalue weighted by Gasteiger charge is 2.19. The van der Waals surface area contributed by atoms with Crippen LogP contribution >= 0.6 is 11.8 Å². The summed E-state index contributed by atoms with van der Waals surface area (Å²) in [5.41, 5.74) is 2.02. The molecule has 1 fully saturated rings. The molecule has 1 saturated carbocycles. The molecule has 0 aliphatic heterocycles. The van der Waals surface area contributed by atoms with E-state index in [1.54, 1.807) is 12.1 Å². The zero-order chi connectivity index (χ0) is 19.1. The molecule has 144 valence electrons. The van der Waals surface area contributed by atoms with Crippen molar-refractivity contribution in [2.75, 3.05) is 18.1 Å². The molecule has 1 aliphatic carbocycles. The van der Waals surface area contributed by atoms with E-state index in [2.05, 4.69) is 23.3 Å². The van der Waals surface area contributed by atoms with E-state index in [1.807, 2.05) is 18.2 Å². The summed E-state index contributed by atoms with van der Waals surface area (Å²) in [6.07, 6.45) is 6.50. The maximum atomic E-state index is 13.0. The molecule has 1 amide bonds. The van der Waals surface area contributed by atoms with Crippen molar-refractivity contribution >= 4 is 23.4 Å². The summed E-state index contributed by atoms with van der Waals surface area (Å²) >= 11 is 1.41. The van der Waals surface area contributed by atoms with Crippen molar-refractivity contribution in [3.8, 4) is 0 Å². The van der Waals surface area contributed by atoms with E-state index in [0.29, 0.717) is 11.8 Å². The standard InChI is InChI=1S/C22H27FN2OS/c1-25(19-8-3-2-4-9-19)15-17-7-5-6-10-21(17)24-22(26)16-27-20-13-11-18(23)12-14-20/h5-7,10-14,19H,2-4,8-9,15-16H2,1H3,(H,24,26). The molecule has 2 aromatic carbocycles. The second-order valence-corrected chi connectivity index (χ2v) is 8.20. The van der Waals surface area contributed by atoms with Gasteiger partial charge in [-0.3, -0.25) is 9.69 Å². The zero-order valence-corrected chi connectivity index (χ0v) is 16.6. The molecule has 0 atom stereocenters. The Morgan fingerprint density at radius 3 is 2.56 bits per heavy atom. The normalized spacial score (nSPS) is 15.1. The molecule has 3 rings (SSSR count). The van der Waals surface area contributed by atoms with Gasteiger partial charge in [0.15, 0.2) is 0 Å². The van der Waals surface area contributed by atoms with Crippen LogP contribution in [0.25, 0.3) is 0 Å². The monoisotopic (exact) mass is 386 g/mol. The zero-order valence-electron chi connectivity index (χ0n) is 15.8. The lowest BCUT2D eigenvalue weighted by Crippen LogP contribution is -2.33. The van der Waals surface area contributed by atoms with Crippen molar-refractivity contribution in [3.05, 3.63) is 59.9 Å². The van der Waals surface area contributed by atoms with Gasteiger partial charge in [-0.2, -0.15) is 0 Å². The van der Waals surface area contributed by atoms with Crippen molar-refractivity contribution < 1.29 is 9.18 Å². The second-order valence-electron chi connectivity index (χ2n) is 7.15. The van der Waals surface area contributed by atoms with E-state index >= 15 is 0 Å². The SMILES string of the molecule is CN(Cc1ccccc1NC(=O)CSc1ccc(F)cc1)C1CCCCC1. The highest BCUT2D eigenvalue weighted by atomic mass is 32.2. The number of carbonyl (C=O) groups excluding carboxylic acids is 1. The van der Waals surface area contributed by atoms with Gasteiger partial charge in [0, 0.05) is 23.2 Å². The quantitative estimate of drug-likeness (QED) is 0.654. The Kier molecular flexibility index (Phi) is 7.30. The summed E-state index contributed by atoms with van der Waals surface area (Å²) in [4.78, 5) is 15.7. The molecular formula is C22H27FN2OS. The summed E-state index contributed by atoms with van der Waals surface area (Å²) in [6, 6.07) is 14.9. The van der Waals surface area contributed by atoms with Crippen molar-refractivity contribution in [2.45, 2.75) is 49.6 Å². The fourth-order valence-electron chi connectivity index (χ4n) is 3.57. The maximum absolute atomic E-state index is 13.0. The van der Waals surface area contributed by atoms with Crippen molar-refractivity contribution in [2.24, 2.45) is 0 Å². The van der Waals surface area contributed by atoms with E-state index in [0.717, 1.165) is 22.7 Å². The van der Waals surface area contributed by atoms with Crippen molar-refractivity contribution in [1.29, 1.82) is 0 Å². The number of carbonyl (C=O) groups is 1. The molecule has 1 aliphatic rings. The minimum Gasteiger partial charge on any atom is -0.325 e. The third-order valence-electron chi connectivity index (χ3n) is 5.09. The molecular weight excluding hydrogens is 359 g/mol. The number of amides is 1. The predicted octanol–water partition coefficient (Wildman–Crippen LogP) is 5.32. The maximum Gasteiger partial charge on any atom is 0.234 e. The van der Waals surface area contributed by atoms with Gasteiger partial charge in [0.05, 0.1) is 5.75 Å². The van der Waals surface area contributed by atoms with Gasteiger partial charge in [0.1, 0.15) is 5.82 Å². The molecule has 2 aromatic rings. The molecule has 0 bridgehead atoms. The van der Waals surface area contributed by atoms with Gasteiger partial charge < -0.3 is 5.32 Å². The average Bonchev–Trinajstić information content (AvgIpc) is 2.70. The number of anilines is 1. The van der Waals surface area contributed by atoms with Crippen LogP contribution in [0.4, 0.5) is 10.1 Å². The van der Waals surface area contributed by atoms with Gasteiger partial charge >= 0.3 is 0 Å². The van der Waals surface area contributed by atoms with E-state index in [1.165, 1.54) is 56.0 Å². The van der Waals surface area contributed by atoms with Gasteiger partial charge in [0.25, 0.3) is 0 Å². The molecule has 3 nitrogen and oxygen atoms in total. The van der Waals surface area contributed by atoms with Crippen LogP contribution in [-0.4, -0.2) is 29.6 Å². The summed E-state index contributed by atoms with van der Waals surface area (Å²) in [6.45, 7) is 0.840. The Bertz CT molecular complexity index is 744. The molecule has 0 saturated heterocycles. The Morgan fingerprint density at radius 1 is 1.11 bits per heavy atom. The first-order valence-corrected chi connectivity index (χ1v) is 10.6. The average molecular weight is 387 g/mol. The van der Waals surface area contributed by atoms with Crippen LogP contribution in [0.5, 0.6) is 0 Å². The largest absolute Gasteiger partial charge is 0.325 e. The van der Waals surface area contributed by atoms with Crippen LogP contribution in [0.15, 0.2) is 53.4 Å². The minimum absolute atomic E-state index is 0.0444. The first kappa shape index (κ1) is 19.9. The number of nitrogens with zero attached hydrogens (tertiary/aromatic N) is 1. The van der Waals surface area contributed by atoms with E-state index in [9.17, 15) is 9.18 Å². The molecule has 0 radical (unpaired) electrons. The van der Waals surface area contributed by atoms with Gasteiger partial charge in [-0.05, 0) is 55.8 Å². The van der Waals surface area contributed by atoms with E-state index < -0.39 is 0 Å². The Hall–Kier alpha value is -1.85. The van der Waals surface area contributed by atoms with E-state index in [-0.39, 0.29) is 11.7 Å². The predicted molar refractivity (Wildman–Crippen MR) is 111 cm³/mol. The van der Waals surface area contributed by atoms with Crippen LogP contribution < -0.4 is 5.32 Å². The Morgan fingerprint density at radius 2 is 1.81 bits per heavy atom. The number of rotatable bonds is 7. The lowest BCUT2D eigenvalue weighted by atomic mass is 9.94. The highest BCUT2D eigenvalue weighted by molar-refractivity contribution is 8.00. The Balaban J connectivity index is 1.56. The summed E-state index contributed by atoms with van der Waals surface area (Å²) in [5, 5.41) is 3.04. The molecule has 0 heterocycles. The number of para-hydroxylation sites is 1. The van der Waals surface area contributed by atoms with Gasteiger partial charge in [-0.25, -0.2) is 4.39 Å². The number of halogens is 1. The third kappa shape index (κ3) is 6.08. The van der Waals surface area contributed by atoms with Crippen LogP contribution in [0.2, 0.25) is 0 Å². The van der Waals surface area contributed by atoms with Crippen molar-refractivity contribution in [3.63, 3.8) is 0 Å². The summed E-state index contributed by atoms with van der Waals surface area (Å²) in [5.74, 6) is -0.00442. The molecule has 0 unspecified atom stereocenters. The van der Waals surface area contributed by atoms with Crippen LogP contribution in [-0.2, 0) is 11.3 Å². The third-order valence-corrected chi connectivity index (χ3v) is 6.10. The number of benzene rings is 2. The molecule has 0 aromatic heterocycles. The highest BCUT2D eigenvalue weighted by Crippen LogP contribution is 2.25. The fourth-order valence-corrected chi connectivity index (χ4v) is 4.26. The van der Waals surface area contributed by atoms with E-state index in [4.69, 9.17) is 0 Å². The topological polar surface area (TPSA) is 32.3 Å². The first-order valence-electron chi connectivity index (χ1n) is 9.58. The summed E-state index contributed by atoms with van der Waals surface area (Å²) < 4.78 is 13.0. The minimum atomic E-state index is -0.264. The molecule has 0 spiro atoms. The number of thioether (sulfide) groups is 1. The first-order chi connectivity index (χ1) is 13.1. The van der Waals surface area contributed by atoms with Gasteiger partial charge in [-0.1, -0.05) is 37.5 Å². The lowest BCUT2D eigenvalue weighted by Gasteiger charge is -2.31. The Labute approximate surface area is 165 Å². The number of nitrogens with one attached hydrogen (secondary N) is 1.